The molecule has 0 spiro atoms. The second-order valence-corrected chi connectivity index (χ2v) is 6.32. The van der Waals surface area contributed by atoms with Crippen molar-refractivity contribution in [3.8, 4) is 0 Å². The smallest absolute Gasteiger partial charge is 0.321 e. The molecule has 0 unspecified atom stereocenters. The van der Waals surface area contributed by atoms with Crippen LogP contribution in [0.4, 0.5) is 10.5 Å². The summed E-state index contributed by atoms with van der Waals surface area (Å²) in [6.45, 7) is 4.90. The zero-order valence-electron chi connectivity index (χ0n) is 12.1. The van der Waals surface area contributed by atoms with Crippen LogP contribution in [0.3, 0.4) is 0 Å². The number of urea groups is 1. The maximum Gasteiger partial charge on any atom is 0.321 e. The van der Waals surface area contributed by atoms with Gasteiger partial charge in [0.2, 0.25) is 0 Å². The predicted molar refractivity (Wildman–Crippen MR) is 84.6 cm³/mol. The number of amides is 2. The second-order valence-electron chi connectivity index (χ2n) is 5.47. The van der Waals surface area contributed by atoms with Crippen LogP contribution < -0.4 is 5.32 Å². The van der Waals surface area contributed by atoms with E-state index in [1.165, 1.54) is 0 Å². The molecule has 2 amide bonds. The highest BCUT2D eigenvalue weighted by molar-refractivity contribution is 9.10. The largest absolute Gasteiger partial charge is 0.481 e. The molecule has 0 aliphatic carbocycles. The highest BCUT2D eigenvalue weighted by atomic mass is 79.9. The average molecular weight is 355 g/mol. The van der Waals surface area contributed by atoms with E-state index in [-0.39, 0.29) is 11.9 Å². The zero-order valence-corrected chi connectivity index (χ0v) is 13.7. The molecule has 5 nitrogen and oxygen atoms in total. The molecule has 1 fully saturated rings. The van der Waals surface area contributed by atoms with E-state index in [2.05, 4.69) is 21.2 Å². The molecule has 0 bridgehead atoms. The van der Waals surface area contributed by atoms with Crippen molar-refractivity contribution in [2.75, 3.05) is 18.4 Å². The lowest BCUT2D eigenvalue weighted by atomic mass is 9.97. The summed E-state index contributed by atoms with van der Waals surface area (Å²) in [5.74, 6) is -1.10. The number of hydrogen-bond donors (Lipinski definition) is 2. The molecule has 21 heavy (non-hydrogen) atoms. The number of nitrogens with zero attached hydrogens (tertiary/aromatic N) is 1. The van der Waals surface area contributed by atoms with E-state index < -0.39 is 5.97 Å². The second kappa shape index (κ2) is 6.47. The fourth-order valence-corrected chi connectivity index (χ4v) is 3.36. The van der Waals surface area contributed by atoms with E-state index in [0.717, 1.165) is 21.3 Å². The Kier molecular flexibility index (Phi) is 4.88. The maximum atomic E-state index is 12.3. The number of nitrogens with one attached hydrogen (secondary N) is 1. The monoisotopic (exact) mass is 354 g/mol. The van der Waals surface area contributed by atoms with Crippen LogP contribution in [0.2, 0.25) is 0 Å². The van der Waals surface area contributed by atoms with Crippen LogP contribution in [0.25, 0.3) is 0 Å². The summed E-state index contributed by atoms with van der Waals surface area (Å²) in [7, 11) is 0. The number of rotatable bonds is 2. The summed E-state index contributed by atoms with van der Waals surface area (Å²) in [5.41, 5.74) is 2.89. The van der Waals surface area contributed by atoms with Crippen LogP contribution in [0.1, 0.15) is 24.0 Å². The number of benzene rings is 1. The number of aryl methyl sites for hydroxylation is 2. The van der Waals surface area contributed by atoms with Gasteiger partial charge in [0.15, 0.2) is 0 Å². The van der Waals surface area contributed by atoms with Crippen LogP contribution in [0, 0.1) is 19.8 Å². The first-order valence-corrected chi connectivity index (χ1v) is 7.73. The van der Waals surface area contributed by atoms with Crippen molar-refractivity contribution in [1.29, 1.82) is 0 Å². The number of carboxylic acid groups (broad SMARTS) is 1. The number of hydrogen-bond acceptors (Lipinski definition) is 2. The van der Waals surface area contributed by atoms with Gasteiger partial charge in [0, 0.05) is 17.6 Å². The van der Waals surface area contributed by atoms with Gasteiger partial charge in [0.1, 0.15) is 0 Å². The van der Waals surface area contributed by atoms with E-state index in [9.17, 15) is 9.59 Å². The summed E-state index contributed by atoms with van der Waals surface area (Å²) in [6.07, 6.45) is 1.02. The summed E-state index contributed by atoms with van der Waals surface area (Å²) < 4.78 is 0.855. The Hall–Kier alpha value is -1.56. The van der Waals surface area contributed by atoms with Crippen LogP contribution in [-0.4, -0.2) is 35.1 Å². The Balaban J connectivity index is 2.01. The van der Waals surface area contributed by atoms with Crippen molar-refractivity contribution in [3.63, 3.8) is 0 Å². The molecule has 1 aromatic carbocycles. The highest BCUT2D eigenvalue weighted by Gasteiger charge is 2.27. The molecule has 1 aliphatic rings. The fraction of sp³-hybridized carbons (Fsp3) is 0.467. The van der Waals surface area contributed by atoms with E-state index >= 15 is 0 Å². The molecule has 0 radical (unpaired) electrons. The Labute approximate surface area is 132 Å². The van der Waals surface area contributed by atoms with E-state index in [4.69, 9.17) is 5.11 Å². The number of likely N-dealkylation sites (tertiary alicyclic amines) is 1. The lowest BCUT2D eigenvalue weighted by molar-refractivity contribution is -0.143. The molecule has 6 heteroatoms. The van der Waals surface area contributed by atoms with Gasteiger partial charge >= 0.3 is 12.0 Å². The number of aliphatic carboxylic acids is 1. The molecule has 1 aliphatic heterocycles. The molecule has 1 aromatic rings. The summed E-state index contributed by atoms with van der Waals surface area (Å²) in [4.78, 5) is 24.9. The molecule has 0 atom stereocenters. The van der Waals surface area contributed by atoms with Crippen LogP contribution in [0.5, 0.6) is 0 Å². The molecule has 1 heterocycles. The van der Waals surface area contributed by atoms with Crippen molar-refractivity contribution >= 4 is 33.6 Å². The van der Waals surface area contributed by atoms with E-state index in [0.29, 0.717) is 25.9 Å². The SMILES string of the molecule is Cc1cc(C)c(NC(=O)N2CCC(C(=O)O)CC2)c(Br)c1. The molecule has 114 valence electrons. The van der Waals surface area contributed by atoms with Crippen LogP contribution in [0.15, 0.2) is 16.6 Å². The van der Waals surface area contributed by atoms with Gasteiger partial charge in [0.25, 0.3) is 0 Å². The molecule has 0 aromatic heterocycles. The standard InChI is InChI=1S/C15H19BrN2O3/c1-9-7-10(2)13(12(16)8-9)17-15(21)18-5-3-11(4-6-18)14(19)20/h7-8,11H,3-6H2,1-2H3,(H,17,21)(H,19,20). The first-order chi connectivity index (χ1) is 9.88. The Bertz CT molecular complexity index is 543. The van der Waals surface area contributed by atoms with Crippen molar-refractivity contribution in [1.82, 2.24) is 4.90 Å². The number of anilines is 1. The minimum Gasteiger partial charge on any atom is -0.481 e. The van der Waals surface area contributed by atoms with E-state index in [1.807, 2.05) is 26.0 Å². The number of carbonyl (C=O) groups is 2. The lowest BCUT2D eigenvalue weighted by Gasteiger charge is -2.30. The zero-order chi connectivity index (χ0) is 15.6. The Morgan fingerprint density at radius 2 is 1.90 bits per heavy atom. The van der Waals surface area contributed by atoms with Gasteiger partial charge in [-0.3, -0.25) is 4.79 Å². The van der Waals surface area contributed by atoms with Crippen molar-refractivity contribution in [3.05, 3.63) is 27.7 Å². The summed E-state index contributed by atoms with van der Waals surface area (Å²) >= 11 is 3.47. The van der Waals surface area contributed by atoms with Gasteiger partial charge in [0.05, 0.1) is 11.6 Å². The summed E-state index contributed by atoms with van der Waals surface area (Å²) in [6, 6.07) is 3.79. The molecular weight excluding hydrogens is 336 g/mol. The van der Waals surface area contributed by atoms with Crippen LogP contribution in [-0.2, 0) is 4.79 Å². The minimum absolute atomic E-state index is 0.175. The number of piperidine rings is 1. The molecule has 2 rings (SSSR count). The third-order valence-corrected chi connectivity index (χ3v) is 4.42. The van der Waals surface area contributed by atoms with Gasteiger partial charge in [-0.1, -0.05) is 6.07 Å². The summed E-state index contributed by atoms with van der Waals surface area (Å²) in [5, 5.41) is 11.9. The first kappa shape index (κ1) is 15.8. The fourth-order valence-electron chi connectivity index (χ4n) is 2.59. The van der Waals surface area contributed by atoms with Crippen LogP contribution >= 0.6 is 15.9 Å². The molecule has 0 saturated carbocycles. The number of halogens is 1. The quantitative estimate of drug-likeness (QED) is 0.854. The number of carbonyl (C=O) groups excluding carboxylic acids is 1. The minimum atomic E-state index is -0.771. The lowest BCUT2D eigenvalue weighted by Crippen LogP contribution is -2.42. The van der Waals surface area contributed by atoms with Gasteiger partial charge in [-0.05, 0) is 59.8 Å². The van der Waals surface area contributed by atoms with Gasteiger partial charge in [-0.2, -0.15) is 0 Å². The van der Waals surface area contributed by atoms with Crippen molar-refractivity contribution < 1.29 is 14.7 Å². The third-order valence-electron chi connectivity index (χ3n) is 3.80. The Morgan fingerprint density at radius 3 is 2.43 bits per heavy atom. The third kappa shape index (κ3) is 3.75. The normalized spacial score (nSPS) is 15.9. The molecule has 2 N–H and O–H groups in total. The first-order valence-electron chi connectivity index (χ1n) is 6.94. The van der Waals surface area contributed by atoms with Crippen molar-refractivity contribution in [2.45, 2.75) is 26.7 Å². The maximum absolute atomic E-state index is 12.3. The van der Waals surface area contributed by atoms with Crippen molar-refractivity contribution in [2.24, 2.45) is 5.92 Å². The number of carboxylic acids is 1. The molecular formula is C15H19BrN2O3. The van der Waals surface area contributed by atoms with E-state index in [1.54, 1.807) is 4.90 Å². The Morgan fingerprint density at radius 1 is 1.29 bits per heavy atom. The molecule has 1 saturated heterocycles. The predicted octanol–water partition coefficient (Wildman–Crippen LogP) is 3.39. The highest BCUT2D eigenvalue weighted by Crippen LogP contribution is 2.28. The van der Waals surface area contributed by atoms with Gasteiger partial charge < -0.3 is 15.3 Å². The van der Waals surface area contributed by atoms with Gasteiger partial charge in [-0.15, -0.1) is 0 Å². The topological polar surface area (TPSA) is 69.6 Å². The van der Waals surface area contributed by atoms with Gasteiger partial charge in [-0.25, -0.2) is 4.79 Å². The average Bonchev–Trinajstić information content (AvgIpc) is 2.42.